The maximum Gasteiger partial charge on any atom is 0.255 e. The zero-order chi connectivity index (χ0) is 15.6. The van der Waals surface area contributed by atoms with Crippen LogP contribution in [0.25, 0.3) is 0 Å². The van der Waals surface area contributed by atoms with Crippen LogP contribution in [0.5, 0.6) is 0 Å². The molecule has 0 aliphatic heterocycles. The van der Waals surface area contributed by atoms with Gasteiger partial charge in [-0.25, -0.2) is 4.39 Å². The van der Waals surface area contributed by atoms with Gasteiger partial charge < -0.3 is 11.1 Å². The summed E-state index contributed by atoms with van der Waals surface area (Å²) in [5.41, 5.74) is 6.34. The minimum atomic E-state index is -0.499. The van der Waals surface area contributed by atoms with Crippen molar-refractivity contribution in [3.8, 4) is 0 Å². The number of hydrogen-bond acceptors (Lipinski definition) is 2. The largest absolute Gasteiger partial charge is 0.389 e. The molecule has 7 heteroatoms. The van der Waals surface area contributed by atoms with Crippen LogP contribution >= 0.6 is 35.4 Å². The zero-order valence-corrected chi connectivity index (χ0v) is 12.8. The molecule has 108 valence electrons. The molecule has 2 aromatic rings. The molecule has 3 N–H and O–H groups in total. The summed E-state index contributed by atoms with van der Waals surface area (Å²) in [7, 11) is 0. The van der Waals surface area contributed by atoms with Gasteiger partial charge in [0.2, 0.25) is 0 Å². The highest BCUT2D eigenvalue weighted by Gasteiger charge is 2.12. The molecule has 0 heterocycles. The lowest BCUT2D eigenvalue weighted by atomic mass is 10.1. The Balaban J connectivity index is 2.33. The van der Waals surface area contributed by atoms with E-state index in [9.17, 15) is 9.18 Å². The number of nitrogens with one attached hydrogen (secondary N) is 1. The first-order valence-corrected chi connectivity index (χ1v) is 6.90. The van der Waals surface area contributed by atoms with Gasteiger partial charge in [0.1, 0.15) is 10.8 Å². The number of anilines is 1. The van der Waals surface area contributed by atoms with Crippen molar-refractivity contribution in [1.82, 2.24) is 0 Å². The lowest BCUT2D eigenvalue weighted by molar-refractivity contribution is 0.102. The van der Waals surface area contributed by atoms with Gasteiger partial charge in [-0.3, -0.25) is 4.79 Å². The average Bonchev–Trinajstić information content (AvgIpc) is 2.39. The predicted molar refractivity (Wildman–Crippen MR) is 86.7 cm³/mol. The summed E-state index contributed by atoms with van der Waals surface area (Å²) in [5, 5.41) is 3.27. The Kier molecular flexibility index (Phi) is 4.77. The van der Waals surface area contributed by atoms with E-state index in [4.69, 9.17) is 41.2 Å². The van der Waals surface area contributed by atoms with Crippen LogP contribution in [0.15, 0.2) is 36.4 Å². The van der Waals surface area contributed by atoms with E-state index in [0.29, 0.717) is 15.7 Å². The summed E-state index contributed by atoms with van der Waals surface area (Å²) in [6, 6.07) is 8.18. The van der Waals surface area contributed by atoms with E-state index in [-0.39, 0.29) is 16.1 Å². The molecule has 3 nitrogen and oxygen atoms in total. The van der Waals surface area contributed by atoms with E-state index in [1.54, 1.807) is 0 Å². The number of carbonyl (C=O) groups excluding carboxylic acids is 1. The third-order valence-electron chi connectivity index (χ3n) is 2.62. The van der Waals surface area contributed by atoms with Crippen LogP contribution in [0.4, 0.5) is 10.1 Å². The van der Waals surface area contributed by atoms with Gasteiger partial charge in [-0.15, -0.1) is 0 Å². The molecular formula is C14H9Cl2FN2OS. The highest BCUT2D eigenvalue weighted by Crippen LogP contribution is 2.22. The van der Waals surface area contributed by atoms with Gasteiger partial charge in [-0.2, -0.15) is 0 Å². The normalized spacial score (nSPS) is 10.2. The zero-order valence-electron chi connectivity index (χ0n) is 10.5. The topological polar surface area (TPSA) is 55.1 Å². The van der Waals surface area contributed by atoms with Gasteiger partial charge in [0.25, 0.3) is 5.91 Å². The minimum Gasteiger partial charge on any atom is -0.389 e. The molecule has 0 spiro atoms. The molecule has 0 aromatic heterocycles. The van der Waals surface area contributed by atoms with Crippen LogP contribution in [-0.4, -0.2) is 10.9 Å². The van der Waals surface area contributed by atoms with Crippen molar-refractivity contribution < 1.29 is 9.18 Å². The molecule has 0 atom stereocenters. The highest BCUT2D eigenvalue weighted by atomic mass is 35.5. The third-order valence-corrected chi connectivity index (χ3v) is 3.28. The molecular weight excluding hydrogens is 334 g/mol. The number of hydrogen-bond donors (Lipinski definition) is 2. The molecule has 0 unspecified atom stereocenters. The minimum absolute atomic E-state index is 0.0195. The fraction of sp³-hybridized carbons (Fsp3) is 0. The Morgan fingerprint density at radius 1 is 1.14 bits per heavy atom. The monoisotopic (exact) mass is 342 g/mol. The molecule has 0 radical (unpaired) electrons. The van der Waals surface area contributed by atoms with Gasteiger partial charge in [-0.05, 0) is 36.4 Å². The molecule has 0 saturated heterocycles. The van der Waals surface area contributed by atoms with Crippen LogP contribution in [0.1, 0.15) is 15.9 Å². The molecule has 2 rings (SSSR count). The maximum absolute atomic E-state index is 13.2. The second-order valence-corrected chi connectivity index (χ2v) is 5.48. The van der Waals surface area contributed by atoms with Gasteiger partial charge >= 0.3 is 0 Å². The molecule has 1 amide bonds. The van der Waals surface area contributed by atoms with Crippen LogP contribution in [0.3, 0.4) is 0 Å². The Hall–Kier alpha value is -1.69. The van der Waals surface area contributed by atoms with E-state index in [2.05, 4.69) is 5.32 Å². The van der Waals surface area contributed by atoms with Gasteiger partial charge in [0.15, 0.2) is 0 Å². The predicted octanol–water partition coefficient (Wildman–Crippen LogP) is 4.02. The number of rotatable bonds is 3. The van der Waals surface area contributed by atoms with Gasteiger partial charge in [0, 0.05) is 21.2 Å². The van der Waals surface area contributed by atoms with Crippen molar-refractivity contribution in [3.63, 3.8) is 0 Å². The highest BCUT2D eigenvalue weighted by molar-refractivity contribution is 7.80. The van der Waals surface area contributed by atoms with Crippen molar-refractivity contribution in [2.45, 2.75) is 0 Å². The first-order chi connectivity index (χ1) is 9.86. The Morgan fingerprint density at radius 3 is 2.33 bits per heavy atom. The third kappa shape index (κ3) is 3.91. The van der Waals surface area contributed by atoms with E-state index < -0.39 is 11.7 Å². The summed E-state index contributed by atoms with van der Waals surface area (Å²) in [4.78, 5) is 12.2. The number of nitrogens with two attached hydrogens (primary N) is 1. The lowest BCUT2D eigenvalue weighted by Gasteiger charge is -2.10. The second kappa shape index (κ2) is 6.39. The molecule has 0 bridgehead atoms. The first kappa shape index (κ1) is 15.7. The van der Waals surface area contributed by atoms with Gasteiger partial charge in [0.05, 0.1) is 5.69 Å². The Morgan fingerprint density at radius 2 is 1.76 bits per heavy atom. The van der Waals surface area contributed by atoms with Crippen LogP contribution < -0.4 is 11.1 Å². The van der Waals surface area contributed by atoms with Crippen LogP contribution in [0.2, 0.25) is 10.0 Å². The van der Waals surface area contributed by atoms with Crippen LogP contribution in [-0.2, 0) is 0 Å². The SMILES string of the molecule is NC(=S)c1cc(F)ccc1NC(=O)c1cc(Cl)cc(Cl)c1. The summed E-state index contributed by atoms with van der Waals surface area (Å²) in [6.45, 7) is 0. The quantitative estimate of drug-likeness (QED) is 0.828. The summed E-state index contributed by atoms with van der Waals surface area (Å²) in [6.07, 6.45) is 0. The number of benzene rings is 2. The Bertz CT molecular complexity index is 717. The summed E-state index contributed by atoms with van der Waals surface area (Å²) in [5.74, 6) is -0.954. The van der Waals surface area contributed by atoms with Crippen molar-refractivity contribution in [1.29, 1.82) is 0 Å². The van der Waals surface area contributed by atoms with E-state index >= 15 is 0 Å². The summed E-state index contributed by atoms with van der Waals surface area (Å²) < 4.78 is 13.2. The van der Waals surface area contributed by atoms with E-state index in [0.717, 1.165) is 6.07 Å². The molecule has 0 aliphatic rings. The molecule has 0 saturated carbocycles. The Labute approximate surface area is 135 Å². The van der Waals surface area contributed by atoms with Crippen LogP contribution in [0, 0.1) is 5.82 Å². The number of carbonyl (C=O) groups is 1. The van der Waals surface area contributed by atoms with Crippen molar-refractivity contribution in [2.24, 2.45) is 5.73 Å². The van der Waals surface area contributed by atoms with Crippen molar-refractivity contribution in [2.75, 3.05) is 5.32 Å². The molecule has 2 aromatic carbocycles. The fourth-order valence-electron chi connectivity index (χ4n) is 1.71. The second-order valence-electron chi connectivity index (χ2n) is 4.17. The first-order valence-electron chi connectivity index (χ1n) is 5.73. The van der Waals surface area contributed by atoms with E-state index in [1.807, 2.05) is 0 Å². The number of halogens is 3. The lowest BCUT2D eigenvalue weighted by Crippen LogP contribution is -2.18. The number of amides is 1. The standard InChI is InChI=1S/C14H9Cl2FN2OS/c15-8-3-7(4-9(16)5-8)14(20)19-12-2-1-10(17)6-11(12)13(18)21/h1-6H,(H2,18,21)(H,19,20). The molecule has 21 heavy (non-hydrogen) atoms. The summed E-state index contributed by atoms with van der Waals surface area (Å²) >= 11 is 16.5. The van der Waals surface area contributed by atoms with Crippen molar-refractivity contribution >= 4 is 52.0 Å². The average molecular weight is 343 g/mol. The molecule has 0 aliphatic carbocycles. The molecule has 0 fully saturated rings. The smallest absolute Gasteiger partial charge is 0.255 e. The maximum atomic E-state index is 13.2. The number of thiocarbonyl (C=S) groups is 1. The van der Waals surface area contributed by atoms with Gasteiger partial charge in [-0.1, -0.05) is 35.4 Å². The van der Waals surface area contributed by atoms with E-state index in [1.165, 1.54) is 30.3 Å². The fourth-order valence-corrected chi connectivity index (χ4v) is 2.40. The van der Waals surface area contributed by atoms with Crippen molar-refractivity contribution in [3.05, 3.63) is 63.4 Å².